The number of anilines is 1. The Bertz CT molecular complexity index is 592. The fourth-order valence-corrected chi connectivity index (χ4v) is 3.14. The van der Waals surface area contributed by atoms with E-state index in [1.807, 2.05) is 0 Å². The summed E-state index contributed by atoms with van der Waals surface area (Å²) in [5.74, 6) is -1.06. The van der Waals surface area contributed by atoms with E-state index < -0.39 is 23.2 Å². The van der Waals surface area contributed by atoms with Crippen LogP contribution in [0.1, 0.15) is 6.42 Å². The second-order valence-corrected chi connectivity index (χ2v) is 5.91. The van der Waals surface area contributed by atoms with Crippen LogP contribution in [0.25, 0.3) is 0 Å². The van der Waals surface area contributed by atoms with Crippen molar-refractivity contribution in [3.63, 3.8) is 0 Å². The first kappa shape index (κ1) is 16.2. The number of para-hydroxylation sites is 2. The van der Waals surface area contributed by atoms with Crippen LogP contribution in [0.3, 0.4) is 0 Å². The Kier molecular flexibility index (Phi) is 5.26. The van der Waals surface area contributed by atoms with E-state index in [9.17, 15) is 14.4 Å². The molecular weight excluding hydrogens is 308 g/mol. The zero-order valence-corrected chi connectivity index (χ0v) is 12.7. The van der Waals surface area contributed by atoms with Gasteiger partial charge >= 0.3 is 5.97 Å². The van der Waals surface area contributed by atoms with Crippen LogP contribution in [0.5, 0.6) is 5.75 Å². The monoisotopic (exact) mass is 324 g/mol. The van der Waals surface area contributed by atoms with Gasteiger partial charge in [0.25, 0.3) is 0 Å². The van der Waals surface area contributed by atoms with Gasteiger partial charge in [-0.25, -0.2) is 4.79 Å². The Balaban J connectivity index is 1.93. The molecule has 3 N–H and O–H groups in total. The molecule has 7 nitrogen and oxygen atoms in total. The molecule has 1 aromatic rings. The van der Waals surface area contributed by atoms with Gasteiger partial charge in [0.15, 0.2) is 0 Å². The molecule has 0 saturated carbocycles. The molecule has 1 aromatic carbocycles. The van der Waals surface area contributed by atoms with Crippen LogP contribution in [0, 0.1) is 0 Å². The minimum absolute atomic E-state index is 0.0269. The van der Waals surface area contributed by atoms with Crippen LogP contribution in [-0.4, -0.2) is 47.0 Å². The molecule has 0 spiro atoms. The normalized spacial score (nSPS) is 20.9. The number of ether oxygens (including phenoxy) is 1. The average Bonchev–Trinajstić information content (AvgIpc) is 2.49. The zero-order chi connectivity index (χ0) is 16.1. The number of carboxylic acids is 1. The maximum atomic E-state index is 12.0. The predicted octanol–water partition coefficient (Wildman–Crippen LogP) is 0.709. The molecule has 0 aromatic heterocycles. The minimum Gasteiger partial charge on any atom is -0.495 e. The van der Waals surface area contributed by atoms with E-state index >= 15 is 0 Å². The van der Waals surface area contributed by atoms with Crippen LogP contribution in [0.2, 0.25) is 0 Å². The van der Waals surface area contributed by atoms with Crippen molar-refractivity contribution in [1.82, 2.24) is 5.32 Å². The molecule has 2 amide bonds. The summed E-state index contributed by atoms with van der Waals surface area (Å²) in [4.78, 5) is 34.7. The lowest BCUT2D eigenvalue weighted by Gasteiger charge is -2.25. The summed E-state index contributed by atoms with van der Waals surface area (Å²) in [6.07, 6.45) is -0.0269. The number of benzene rings is 1. The summed E-state index contributed by atoms with van der Waals surface area (Å²) in [6.45, 7) is 0. The topological polar surface area (TPSA) is 105 Å². The number of rotatable bonds is 5. The molecule has 0 aliphatic carbocycles. The number of amides is 2. The van der Waals surface area contributed by atoms with Crippen LogP contribution in [0.4, 0.5) is 5.69 Å². The second-order valence-electron chi connectivity index (χ2n) is 4.67. The SMILES string of the molecule is COc1ccccc1NC(=O)C[C@H]1SC[C@H](C(=O)O)NC1=O. The van der Waals surface area contributed by atoms with E-state index in [4.69, 9.17) is 9.84 Å². The van der Waals surface area contributed by atoms with Gasteiger partial charge in [0, 0.05) is 12.2 Å². The summed E-state index contributed by atoms with van der Waals surface area (Å²) in [6, 6.07) is 6.06. The third-order valence-corrected chi connectivity index (χ3v) is 4.43. The first-order valence-corrected chi connectivity index (χ1v) is 7.63. The molecule has 1 aliphatic heterocycles. The van der Waals surface area contributed by atoms with Crippen molar-refractivity contribution in [2.45, 2.75) is 17.7 Å². The molecule has 0 bridgehead atoms. The molecule has 1 saturated heterocycles. The van der Waals surface area contributed by atoms with Crippen molar-refractivity contribution in [3.05, 3.63) is 24.3 Å². The van der Waals surface area contributed by atoms with E-state index in [0.29, 0.717) is 11.4 Å². The second kappa shape index (κ2) is 7.17. The molecule has 2 atom stereocenters. The number of thioether (sulfide) groups is 1. The number of hydrogen-bond acceptors (Lipinski definition) is 5. The van der Waals surface area contributed by atoms with Gasteiger partial charge in [-0.1, -0.05) is 12.1 Å². The number of methoxy groups -OCH3 is 1. The molecule has 1 aliphatic rings. The highest BCUT2D eigenvalue weighted by Gasteiger charge is 2.33. The summed E-state index contributed by atoms with van der Waals surface area (Å²) >= 11 is 1.17. The smallest absolute Gasteiger partial charge is 0.327 e. The first-order valence-electron chi connectivity index (χ1n) is 6.59. The predicted molar refractivity (Wildman–Crippen MR) is 82.1 cm³/mol. The van der Waals surface area contributed by atoms with Gasteiger partial charge in [0.2, 0.25) is 11.8 Å². The number of carbonyl (C=O) groups excluding carboxylic acids is 2. The fourth-order valence-electron chi connectivity index (χ4n) is 2.00. The molecule has 2 rings (SSSR count). The van der Waals surface area contributed by atoms with E-state index in [-0.39, 0.29) is 18.1 Å². The minimum atomic E-state index is -1.07. The van der Waals surface area contributed by atoms with Gasteiger partial charge < -0.3 is 20.5 Å². The summed E-state index contributed by atoms with van der Waals surface area (Å²) < 4.78 is 5.13. The first-order chi connectivity index (χ1) is 10.5. The zero-order valence-electron chi connectivity index (χ0n) is 11.9. The number of carboxylic acid groups (broad SMARTS) is 1. The summed E-state index contributed by atoms with van der Waals surface area (Å²) in [5, 5.41) is 13.3. The van der Waals surface area contributed by atoms with Crippen LogP contribution in [-0.2, 0) is 14.4 Å². The quantitative estimate of drug-likeness (QED) is 0.737. The standard InChI is InChI=1S/C14H16N2O5S/c1-21-10-5-3-2-4-8(10)15-12(17)6-11-13(18)16-9(7-22-11)14(19)20/h2-5,9,11H,6-7H2,1H3,(H,15,17)(H,16,18)(H,19,20)/t9-,11-/m1/s1. The van der Waals surface area contributed by atoms with Crippen LogP contribution < -0.4 is 15.4 Å². The van der Waals surface area contributed by atoms with Gasteiger partial charge in [-0.15, -0.1) is 11.8 Å². The molecule has 0 radical (unpaired) electrons. The van der Waals surface area contributed by atoms with Gasteiger partial charge in [-0.2, -0.15) is 0 Å². The van der Waals surface area contributed by atoms with Gasteiger partial charge in [0.1, 0.15) is 11.8 Å². The average molecular weight is 324 g/mol. The van der Waals surface area contributed by atoms with Gasteiger partial charge in [-0.05, 0) is 12.1 Å². The molecule has 1 heterocycles. The highest BCUT2D eigenvalue weighted by molar-refractivity contribution is 8.00. The number of aliphatic carboxylic acids is 1. The summed E-state index contributed by atoms with van der Waals surface area (Å²) in [7, 11) is 1.50. The van der Waals surface area contributed by atoms with E-state index in [1.54, 1.807) is 24.3 Å². The Morgan fingerprint density at radius 2 is 2.18 bits per heavy atom. The van der Waals surface area contributed by atoms with Crippen molar-refractivity contribution in [3.8, 4) is 5.75 Å². The van der Waals surface area contributed by atoms with Crippen LogP contribution >= 0.6 is 11.8 Å². The molecule has 0 unspecified atom stereocenters. The Morgan fingerprint density at radius 3 is 2.82 bits per heavy atom. The third-order valence-electron chi connectivity index (χ3n) is 3.12. The van der Waals surface area contributed by atoms with Crippen molar-refractivity contribution in [2.75, 3.05) is 18.2 Å². The highest BCUT2D eigenvalue weighted by Crippen LogP contribution is 2.25. The molecule has 1 fully saturated rings. The maximum Gasteiger partial charge on any atom is 0.327 e. The third kappa shape index (κ3) is 3.91. The van der Waals surface area contributed by atoms with Crippen molar-refractivity contribution >= 4 is 35.2 Å². The number of hydrogen-bond donors (Lipinski definition) is 3. The Morgan fingerprint density at radius 1 is 1.45 bits per heavy atom. The Hall–Kier alpha value is -2.22. The van der Waals surface area contributed by atoms with Crippen LogP contribution in [0.15, 0.2) is 24.3 Å². The summed E-state index contributed by atoms with van der Waals surface area (Å²) in [5.41, 5.74) is 0.527. The lowest BCUT2D eigenvalue weighted by Crippen LogP contribution is -2.51. The Labute approximate surface area is 131 Å². The van der Waals surface area contributed by atoms with E-state index in [2.05, 4.69) is 10.6 Å². The molecule has 22 heavy (non-hydrogen) atoms. The molecule has 118 valence electrons. The largest absolute Gasteiger partial charge is 0.495 e. The lowest BCUT2D eigenvalue weighted by atomic mass is 10.2. The maximum absolute atomic E-state index is 12.0. The number of nitrogens with one attached hydrogen (secondary N) is 2. The van der Waals surface area contributed by atoms with Gasteiger partial charge in [0.05, 0.1) is 18.0 Å². The number of carbonyl (C=O) groups is 3. The fraction of sp³-hybridized carbons (Fsp3) is 0.357. The van der Waals surface area contributed by atoms with E-state index in [1.165, 1.54) is 18.9 Å². The van der Waals surface area contributed by atoms with E-state index in [0.717, 1.165) is 0 Å². The molecular formula is C14H16N2O5S. The van der Waals surface area contributed by atoms with Crippen molar-refractivity contribution in [1.29, 1.82) is 0 Å². The van der Waals surface area contributed by atoms with Crippen molar-refractivity contribution in [2.24, 2.45) is 0 Å². The van der Waals surface area contributed by atoms with Crippen molar-refractivity contribution < 1.29 is 24.2 Å². The van der Waals surface area contributed by atoms with Gasteiger partial charge in [-0.3, -0.25) is 9.59 Å². The molecule has 8 heteroatoms. The highest BCUT2D eigenvalue weighted by atomic mass is 32.2. The lowest BCUT2D eigenvalue weighted by molar-refractivity contribution is -0.141.